The second-order valence-corrected chi connectivity index (χ2v) is 4.41. The largest absolute Gasteiger partial charge is 0.497 e. The second kappa shape index (κ2) is 6.65. The Hall–Kier alpha value is -1.69. The molecule has 0 spiro atoms. The molecule has 0 saturated carbocycles. The molecule has 0 aliphatic carbocycles. The Morgan fingerprint density at radius 2 is 1.85 bits per heavy atom. The molecule has 110 valence electrons. The van der Waals surface area contributed by atoms with Crippen LogP contribution < -0.4 is 4.74 Å². The van der Waals surface area contributed by atoms with Gasteiger partial charge in [-0.25, -0.2) is 4.99 Å². The molecule has 0 aliphatic rings. The Morgan fingerprint density at radius 1 is 1.30 bits per heavy atom. The third-order valence-electron chi connectivity index (χ3n) is 2.58. The molecule has 0 fully saturated rings. The average molecular weight is 306 g/mol. The molecule has 1 unspecified atom stereocenters. The zero-order valence-corrected chi connectivity index (χ0v) is 11.9. The molecule has 0 heterocycles. The maximum Gasteiger partial charge on any atom is 0.361 e. The first-order valence-corrected chi connectivity index (χ1v) is 6.05. The van der Waals surface area contributed by atoms with Gasteiger partial charge in [0.15, 0.2) is 0 Å². The van der Waals surface area contributed by atoms with Gasteiger partial charge in [-0.1, -0.05) is 0 Å². The number of halogens is 3. The van der Waals surface area contributed by atoms with Crippen molar-refractivity contribution < 1.29 is 23.0 Å². The summed E-state index contributed by atoms with van der Waals surface area (Å²) in [5, 5.41) is -3.74. The van der Waals surface area contributed by atoms with Gasteiger partial charge in [-0.05, 0) is 42.8 Å². The average Bonchev–Trinajstić information content (AvgIpc) is 2.42. The number of carbonyl (C=O) groups excluding carboxylic acids is 1. The smallest absolute Gasteiger partial charge is 0.361 e. The van der Waals surface area contributed by atoms with Gasteiger partial charge in [-0.3, -0.25) is 4.79 Å². The molecular weight excluding hydrogens is 292 g/mol. The van der Waals surface area contributed by atoms with Crippen LogP contribution in [0.5, 0.6) is 5.75 Å². The maximum absolute atomic E-state index is 13.4. The lowest BCUT2D eigenvalue weighted by Gasteiger charge is -2.17. The molecule has 4 nitrogen and oxygen atoms in total. The summed E-state index contributed by atoms with van der Waals surface area (Å²) >= 11 is 5.01. The van der Waals surface area contributed by atoms with Crippen molar-refractivity contribution in [3.8, 4) is 5.75 Å². The van der Waals surface area contributed by atoms with Crippen molar-refractivity contribution >= 4 is 29.0 Å². The normalized spacial score (nSPS) is 13.8. The summed E-state index contributed by atoms with van der Waals surface area (Å²) in [5.74, 6) is -1.53. The number of nitrogens with zero attached hydrogens (tertiary/aromatic N) is 1. The lowest BCUT2D eigenvalue weighted by molar-refractivity contribution is -0.142. The van der Waals surface area contributed by atoms with Crippen LogP contribution in [0.1, 0.15) is 6.92 Å². The van der Waals surface area contributed by atoms with Crippen LogP contribution in [0, 0.1) is 5.92 Å². The molecule has 1 aromatic carbocycles. The van der Waals surface area contributed by atoms with E-state index >= 15 is 0 Å². The van der Waals surface area contributed by atoms with E-state index in [1.165, 1.54) is 26.2 Å². The fourth-order valence-corrected chi connectivity index (χ4v) is 1.70. The van der Waals surface area contributed by atoms with Crippen molar-refractivity contribution in [2.75, 3.05) is 14.2 Å². The molecule has 0 amide bonds. The van der Waals surface area contributed by atoms with Crippen LogP contribution in [-0.2, 0) is 9.53 Å². The van der Waals surface area contributed by atoms with Crippen LogP contribution in [0.2, 0.25) is 0 Å². The van der Waals surface area contributed by atoms with E-state index in [4.69, 9.17) is 16.3 Å². The zero-order valence-electron chi connectivity index (χ0n) is 11.2. The van der Waals surface area contributed by atoms with E-state index in [-0.39, 0.29) is 5.69 Å². The van der Waals surface area contributed by atoms with Crippen LogP contribution in [0.3, 0.4) is 0 Å². The van der Waals surface area contributed by atoms with Crippen LogP contribution in [-0.4, -0.2) is 31.3 Å². The Bertz CT molecular complexity index is 497. The van der Waals surface area contributed by atoms with Gasteiger partial charge >= 0.3 is 11.4 Å². The Balaban J connectivity index is 3.15. The Labute approximate surface area is 120 Å². The highest BCUT2D eigenvalue weighted by Gasteiger charge is 2.40. The predicted molar refractivity (Wildman–Crippen MR) is 72.1 cm³/mol. The fourth-order valence-electron chi connectivity index (χ4n) is 1.49. The lowest BCUT2D eigenvalue weighted by atomic mass is 10.1. The summed E-state index contributed by atoms with van der Waals surface area (Å²) in [6, 6.07) is 6.08. The minimum absolute atomic E-state index is 0.233. The van der Waals surface area contributed by atoms with Gasteiger partial charge in [0.25, 0.3) is 0 Å². The third kappa shape index (κ3) is 4.16. The van der Waals surface area contributed by atoms with Gasteiger partial charge in [0, 0.05) is 0 Å². The lowest BCUT2D eigenvalue weighted by Crippen LogP contribution is -2.33. The number of hydrogen-bond acceptors (Lipinski definition) is 4. The van der Waals surface area contributed by atoms with Crippen LogP contribution in [0.15, 0.2) is 29.3 Å². The van der Waals surface area contributed by atoms with Crippen molar-refractivity contribution in [2.45, 2.75) is 12.3 Å². The summed E-state index contributed by atoms with van der Waals surface area (Å²) < 4.78 is 36.1. The number of methoxy groups -OCH3 is 2. The predicted octanol–water partition coefficient (Wildman–Crippen LogP) is 3.41. The summed E-state index contributed by atoms with van der Waals surface area (Å²) in [4.78, 5) is 15.1. The highest BCUT2D eigenvalue weighted by Crippen LogP contribution is 2.29. The zero-order chi connectivity index (χ0) is 15.3. The Morgan fingerprint density at radius 3 is 2.25 bits per heavy atom. The standard InChI is InChI=1S/C13H14ClF2NO3/c1-8(12(18)20-3)11(13(14,15)16)17-9-4-6-10(19-2)7-5-9/h4-8H,1-3H3. The number of ether oxygens (including phenoxy) is 2. The van der Waals surface area contributed by atoms with Gasteiger partial charge in [0.1, 0.15) is 11.5 Å². The first-order chi connectivity index (χ1) is 9.29. The fraction of sp³-hybridized carbons (Fsp3) is 0.385. The van der Waals surface area contributed by atoms with E-state index in [0.717, 1.165) is 7.11 Å². The van der Waals surface area contributed by atoms with Crippen molar-refractivity contribution in [1.82, 2.24) is 0 Å². The first-order valence-electron chi connectivity index (χ1n) is 5.67. The van der Waals surface area contributed by atoms with E-state index in [2.05, 4.69) is 9.73 Å². The molecule has 0 bridgehead atoms. The summed E-state index contributed by atoms with van der Waals surface area (Å²) in [7, 11) is 2.59. The summed E-state index contributed by atoms with van der Waals surface area (Å²) in [6.07, 6.45) is 0. The van der Waals surface area contributed by atoms with E-state index in [0.29, 0.717) is 5.75 Å². The molecule has 1 rings (SSSR count). The molecule has 1 atom stereocenters. The molecule has 0 aliphatic heterocycles. The maximum atomic E-state index is 13.4. The molecule has 1 aromatic rings. The van der Waals surface area contributed by atoms with Gasteiger partial charge in [-0.15, -0.1) is 0 Å². The molecule has 0 N–H and O–H groups in total. The van der Waals surface area contributed by atoms with Crippen LogP contribution in [0.4, 0.5) is 14.5 Å². The van der Waals surface area contributed by atoms with E-state index in [1.54, 1.807) is 12.1 Å². The number of hydrogen-bond donors (Lipinski definition) is 0. The number of aliphatic imine (C=N–C) groups is 1. The van der Waals surface area contributed by atoms with Gasteiger partial charge in [-0.2, -0.15) is 8.78 Å². The van der Waals surface area contributed by atoms with E-state index < -0.39 is 23.0 Å². The quantitative estimate of drug-likeness (QED) is 0.476. The van der Waals surface area contributed by atoms with Crippen LogP contribution >= 0.6 is 11.6 Å². The molecule has 7 heteroatoms. The third-order valence-corrected chi connectivity index (χ3v) is 2.77. The minimum atomic E-state index is -3.74. The highest BCUT2D eigenvalue weighted by molar-refractivity contribution is 6.35. The monoisotopic (exact) mass is 305 g/mol. The topological polar surface area (TPSA) is 47.9 Å². The van der Waals surface area contributed by atoms with Gasteiger partial charge in [0.05, 0.1) is 25.8 Å². The summed E-state index contributed by atoms with van der Waals surface area (Å²) in [5.41, 5.74) is -0.534. The molecular formula is C13H14ClF2NO3. The second-order valence-electron chi connectivity index (χ2n) is 3.94. The van der Waals surface area contributed by atoms with Gasteiger partial charge in [0.2, 0.25) is 0 Å². The van der Waals surface area contributed by atoms with Gasteiger partial charge < -0.3 is 9.47 Å². The van der Waals surface area contributed by atoms with Crippen molar-refractivity contribution in [3.05, 3.63) is 24.3 Å². The SMILES string of the molecule is COC(=O)C(C)C(=Nc1ccc(OC)cc1)C(F)(F)Cl. The number of alkyl halides is 3. The molecule has 0 radical (unpaired) electrons. The van der Waals surface area contributed by atoms with Crippen molar-refractivity contribution in [1.29, 1.82) is 0 Å². The molecule has 0 saturated heterocycles. The van der Waals surface area contributed by atoms with Crippen molar-refractivity contribution in [2.24, 2.45) is 10.9 Å². The number of esters is 1. The molecule has 20 heavy (non-hydrogen) atoms. The van der Waals surface area contributed by atoms with Crippen molar-refractivity contribution in [3.63, 3.8) is 0 Å². The Kier molecular flexibility index (Phi) is 5.44. The minimum Gasteiger partial charge on any atom is -0.497 e. The van der Waals surface area contributed by atoms with E-state index in [9.17, 15) is 13.6 Å². The first kappa shape index (κ1) is 16.4. The molecule has 0 aromatic heterocycles. The van der Waals surface area contributed by atoms with E-state index in [1.807, 2.05) is 0 Å². The number of benzene rings is 1. The summed E-state index contributed by atoms with van der Waals surface area (Å²) in [6.45, 7) is 1.25. The number of carbonyl (C=O) groups is 1. The highest BCUT2D eigenvalue weighted by atomic mass is 35.5. The van der Waals surface area contributed by atoms with Crippen LogP contribution in [0.25, 0.3) is 0 Å². The number of rotatable bonds is 5.